The standard InChI is InChI=1S/C15H21NO3/c1-12(2)19-11-10-16(3)14-7-4-13(5-8-14)6-9-15(17)18/h4-9,12H,10-11H2,1-3H3,(H,17,18)/b9-6+. The van der Waals surface area contributed by atoms with Crippen molar-refractivity contribution in [3.63, 3.8) is 0 Å². The summed E-state index contributed by atoms with van der Waals surface area (Å²) in [6.45, 7) is 5.55. The third-order valence-corrected chi connectivity index (χ3v) is 2.63. The average Bonchev–Trinajstić information content (AvgIpc) is 2.36. The van der Waals surface area contributed by atoms with Gasteiger partial charge in [0.1, 0.15) is 0 Å². The molecule has 0 radical (unpaired) electrons. The first-order valence-corrected chi connectivity index (χ1v) is 6.33. The molecule has 4 heteroatoms. The lowest BCUT2D eigenvalue weighted by Gasteiger charge is -2.20. The van der Waals surface area contributed by atoms with Crippen molar-refractivity contribution >= 4 is 17.7 Å². The van der Waals surface area contributed by atoms with E-state index in [1.165, 1.54) is 0 Å². The van der Waals surface area contributed by atoms with E-state index in [9.17, 15) is 4.79 Å². The Morgan fingerprint density at radius 2 is 2.00 bits per heavy atom. The Labute approximate surface area is 114 Å². The molecule has 0 saturated carbocycles. The number of hydrogen-bond donors (Lipinski definition) is 1. The maximum atomic E-state index is 10.4. The van der Waals surface area contributed by atoms with Crippen LogP contribution < -0.4 is 4.90 Å². The minimum atomic E-state index is -0.938. The summed E-state index contributed by atoms with van der Waals surface area (Å²) < 4.78 is 5.50. The number of ether oxygens (including phenoxy) is 1. The molecule has 0 aliphatic rings. The highest BCUT2D eigenvalue weighted by molar-refractivity contribution is 5.85. The molecule has 4 nitrogen and oxygen atoms in total. The molecule has 0 fully saturated rings. The van der Waals surface area contributed by atoms with Crippen molar-refractivity contribution in [1.29, 1.82) is 0 Å². The summed E-state index contributed by atoms with van der Waals surface area (Å²) in [5, 5.41) is 8.55. The lowest BCUT2D eigenvalue weighted by molar-refractivity contribution is -0.131. The van der Waals surface area contributed by atoms with E-state index in [-0.39, 0.29) is 6.10 Å². The van der Waals surface area contributed by atoms with Gasteiger partial charge in [0, 0.05) is 25.4 Å². The third kappa shape index (κ3) is 6.06. The minimum Gasteiger partial charge on any atom is -0.478 e. The van der Waals surface area contributed by atoms with Gasteiger partial charge in [-0.05, 0) is 37.6 Å². The van der Waals surface area contributed by atoms with Crippen molar-refractivity contribution in [2.24, 2.45) is 0 Å². The number of nitrogens with zero attached hydrogens (tertiary/aromatic N) is 1. The highest BCUT2D eigenvalue weighted by atomic mass is 16.5. The summed E-state index contributed by atoms with van der Waals surface area (Å²) >= 11 is 0. The quantitative estimate of drug-likeness (QED) is 0.768. The maximum Gasteiger partial charge on any atom is 0.328 e. The van der Waals surface area contributed by atoms with Crippen LogP contribution in [0.25, 0.3) is 6.08 Å². The molecule has 0 amide bonds. The van der Waals surface area contributed by atoms with Crippen LogP contribution in [0.3, 0.4) is 0 Å². The monoisotopic (exact) mass is 263 g/mol. The zero-order valence-electron chi connectivity index (χ0n) is 11.7. The van der Waals surface area contributed by atoms with Crippen LogP contribution in [0.4, 0.5) is 5.69 Å². The molecular weight excluding hydrogens is 242 g/mol. The Morgan fingerprint density at radius 1 is 1.37 bits per heavy atom. The molecule has 0 aliphatic heterocycles. The fraction of sp³-hybridized carbons (Fsp3) is 0.400. The predicted octanol–water partition coefficient (Wildman–Crippen LogP) is 2.65. The molecule has 1 aromatic rings. The minimum absolute atomic E-state index is 0.247. The number of rotatable bonds is 7. The van der Waals surface area contributed by atoms with Crippen molar-refractivity contribution in [1.82, 2.24) is 0 Å². The molecule has 0 atom stereocenters. The molecule has 0 unspecified atom stereocenters. The van der Waals surface area contributed by atoms with E-state index in [1.807, 2.05) is 45.2 Å². The molecule has 104 valence electrons. The smallest absolute Gasteiger partial charge is 0.328 e. The molecule has 1 aromatic carbocycles. The maximum absolute atomic E-state index is 10.4. The van der Waals surface area contributed by atoms with E-state index in [1.54, 1.807) is 6.08 Å². The van der Waals surface area contributed by atoms with E-state index in [0.717, 1.165) is 23.9 Å². The first kappa shape index (κ1) is 15.2. The van der Waals surface area contributed by atoms with Crippen LogP contribution in [0.5, 0.6) is 0 Å². The van der Waals surface area contributed by atoms with Crippen LogP contribution in [0.2, 0.25) is 0 Å². The fourth-order valence-electron chi connectivity index (χ4n) is 1.56. The van der Waals surface area contributed by atoms with Gasteiger partial charge in [0.25, 0.3) is 0 Å². The van der Waals surface area contributed by atoms with Crippen molar-refractivity contribution in [2.45, 2.75) is 20.0 Å². The second-order valence-electron chi connectivity index (χ2n) is 4.60. The van der Waals surface area contributed by atoms with Crippen molar-refractivity contribution < 1.29 is 14.6 Å². The van der Waals surface area contributed by atoms with Gasteiger partial charge in [-0.15, -0.1) is 0 Å². The number of aliphatic carboxylic acids is 1. The lowest BCUT2D eigenvalue weighted by atomic mass is 10.2. The molecular formula is C15H21NO3. The third-order valence-electron chi connectivity index (χ3n) is 2.63. The molecule has 1 rings (SSSR count). The second-order valence-corrected chi connectivity index (χ2v) is 4.60. The molecule has 1 N–H and O–H groups in total. The molecule has 19 heavy (non-hydrogen) atoms. The van der Waals surface area contributed by atoms with Gasteiger partial charge in [0.05, 0.1) is 12.7 Å². The highest BCUT2D eigenvalue weighted by Gasteiger charge is 2.01. The summed E-state index contributed by atoms with van der Waals surface area (Å²) in [6, 6.07) is 7.73. The van der Waals surface area contributed by atoms with E-state index in [4.69, 9.17) is 9.84 Å². The number of hydrogen-bond acceptors (Lipinski definition) is 3. The van der Waals surface area contributed by atoms with Crippen molar-refractivity contribution in [2.75, 3.05) is 25.1 Å². The van der Waals surface area contributed by atoms with Crippen molar-refractivity contribution in [3.8, 4) is 0 Å². The molecule has 0 saturated heterocycles. The van der Waals surface area contributed by atoms with E-state index >= 15 is 0 Å². The van der Waals surface area contributed by atoms with Crippen LogP contribution in [-0.2, 0) is 9.53 Å². The zero-order chi connectivity index (χ0) is 14.3. The van der Waals surface area contributed by atoms with E-state index < -0.39 is 5.97 Å². The predicted molar refractivity (Wildman–Crippen MR) is 77.5 cm³/mol. The van der Waals surface area contributed by atoms with Gasteiger partial charge in [0.15, 0.2) is 0 Å². The summed E-state index contributed by atoms with van der Waals surface area (Å²) in [6.07, 6.45) is 2.96. The lowest BCUT2D eigenvalue weighted by Crippen LogP contribution is -2.23. The van der Waals surface area contributed by atoms with E-state index in [0.29, 0.717) is 6.61 Å². The number of carbonyl (C=O) groups is 1. The second kappa shape index (κ2) is 7.59. The molecule has 0 spiro atoms. The first-order valence-electron chi connectivity index (χ1n) is 6.33. The van der Waals surface area contributed by atoms with Gasteiger partial charge in [-0.2, -0.15) is 0 Å². The van der Waals surface area contributed by atoms with Crippen LogP contribution in [0.1, 0.15) is 19.4 Å². The van der Waals surface area contributed by atoms with E-state index in [2.05, 4.69) is 4.90 Å². The fourth-order valence-corrected chi connectivity index (χ4v) is 1.56. The zero-order valence-corrected chi connectivity index (χ0v) is 11.7. The van der Waals surface area contributed by atoms with Crippen LogP contribution in [-0.4, -0.2) is 37.4 Å². The number of likely N-dealkylation sites (N-methyl/N-ethyl adjacent to an activating group) is 1. The Balaban J connectivity index is 2.53. The van der Waals surface area contributed by atoms with Crippen LogP contribution in [0, 0.1) is 0 Å². The van der Waals surface area contributed by atoms with Crippen molar-refractivity contribution in [3.05, 3.63) is 35.9 Å². The summed E-state index contributed by atoms with van der Waals surface area (Å²) in [5.74, 6) is -0.938. The Hall–Kier alpha value is -1.81. The SMILES string of the molecule is CC(C)OCCN(C)c1ccc(/C=C/C(=O)O)cc1. The first-order chi connectivity index (χ1) is 8.99. The van der Waals surface area contributed by atoms with Crippen LogP contribution in [0.15, 0.2) is 30.3 Å². The number of anilines is 1. The molecule has 0 aliphatic carbocycles. The van der Waals surface area contributed by atoms with Gasteiger partial charge < -0.3 is 14.7 Å². The number of carboxylic acids is 1. The summed E-state index contributed by atoms with van der Waals surface area (Å²) in [7, 11) is 2.01. The van der Waals surface area contributed by atoms with Gasteiger partial charge in [-0.1, -0.05) is 12.1 Å². The Morgan fingerprint density at radius 3 is 2.53 bits per heavy atom. The summed E-state index contributed by atoms with van der Waals surface area (Å²) in [4.78, 5) is 12.5. The normalized spacial score (nSPS) is 11.2. The Bertz CT molecular complexity index is 424. The molecule has 0 aromatic heterocycles. The van der Waals surface area contributed by atoms with Gasteiger partial charge in [0.2, 0.25) is 0 Å². The topological polar surface area (TPSA) is 49.8 Å². The summed E-state index contributed by atoms with van der Waals surface area (Å²) in [5.41, 5.74) is 1.96. The average molecular weight is 263 g/mol. The molecule has 0 bridgehead atoms. The largest absolute Gasteiger partial charge is 0.478 e. The molecule has 0 heterocycles. The number of carboxylic acid groups (broad SMARTS) is 1. The Kier molecular flexibility index (Phi) is 6.09. The van der Waals surface area contributed by atoms with Gasteiger partial charge in [-0.25, -0.2) is 4.79 Å². The number of benzene rings is 1. The highest BCUT2D eigenvalue weighted by Crippen LogP contribution is 2.14. The van der Waals surface area contributed by atoms with Crippen LogP contribution >= 0.6 is 0 Å². The van der Waals surface area contributed by atoms with Gasteiger partial charge in [-0.3, -0.25) is 0 Å². The van der Waals surface area contributed by atoms with Gasteiger partial charge >= 0.3 is 5.97 Å².